The van der Waals surface area contributed by atoms with Crippen LogP contribution in [0.1, 0.15) is 16.7 Å². The second-order valence-corrected chi connectivity index (χ2v) is 5.99. The molecule has 2 aromatic rings. The second kappa shape index (κ2) is 5.44. The number of nitro groups is 1. The van der Waals surface area contributed by atoms with Gasteiger partial charge < -0.3 is 4.90 Å². The van der Waals surface area contributed by atoms with Crippen LogP contribution in [-0.4, -0.2) is 16.5 Å². The van der Waals surface area contributed by atoms with Gasteiger partial charge in [0.2, 0.25) is 0 Å². The number of nitrogens with zero attached hydrogens (tertiary/aromatic N) is 3. The lowest BCUT2D eigenvalue weighted by atomic mass is 10.00. The summed E-state index contributed by atoms with van der Waals surface area (Å²) < 4.78 is 1.15. The van der Waals surface area contributed by atoms with Gasteiger partial charge in [-0.05, 0) is 36.6 Å². The van der Waals surface area contributed by atoms with Crippen LogP contribution in [0.3, 0.4) is 0 Å². The first-order valence-corrected chi connectivity index (χ1v) is 7.48. The molecule has 0 spiro atoms. The molecule has 6 heteroatoms. The number of fused-ring (bicyclic) bond motifs is 1. The Hall–Kier alpha value is -1.95. The van der Waals surface area contributed by atoms with Crippen LogP contribution in [0.5, 0.6) is 0 Å². The van der Waals surface area contributed by atoms with Crippen molar-refractivity contribution in [3.63, 3.8) is 0 Å². The molecule has 0 bridgehead atoms. The maximum atomic E-state index is 10.9. The van der Waals surface area contributed by atoms with Gasteiger partial charge in [0.15, 0.2) is 0 Å². The molecule has 1 aliphatic rings. The van der Waals surface area contributed by atoms with Gasteiger partial charge in [-0.1, -0.05) is 28.1 Å². The average Bonchev–Trinajstić information content (AvgIpc) is 2.46. The number of halogens is 1. The number of hydrogen-bond acceptors (Lipinski definition) is 4. The van der Waals surface area contributed by atoms with Gasteiger partial charge in [0, 0.05) is 23.1 Å². The SMILES string of the molecule is Cc1cc(N2CCc3c(Br)cccc3C2)ncc1[N+](=O)[O-]. The molecule has 0 radical (unpaired) electrons. The number of hydrogen-bond donors (Lipinski definition) is 0. The van der Waals surface area contributed by atoms with Crippen LogP contribution in [0.25, 0.3) is 0 Å². The Morgan fingerprint density at radius 3 is 2.95 bits per heavy atom. The minimum Gasteiger partial charge on any atom is -0.352 e. The molecule has 2 heterocycles. The van der Waals surface area contributed by atoms with Gasteiger partial charge >= 0.3 is 0 Å². The summed E-state index contributed by atoms with van der Waals surface area (Å²) in [7, 11) is 0. The van der Waals surface area contributed by atoms with E-state index in [0.717, 1.165) is 29.8 Å². The smallest absolute Gasteiger partial charge is 0.290 e. The number of anilines is 1. The van der Waals surface area contributed by atoms with E-state index in [9.17, 15) is 10.1 Å². The van der Waals surface area contributed by atoms with E-state index < -0.39 is 4.92 Å². The molecule has 0 unspecified atom stereocenters. The summed E-state index contributed by atoms with van der Waals surface area (Å²) >= 11 is 3.59. The highest BCUT2D eigenvalue weighted by atomic mass is 79.9. The summed E-state index contributed by atoms with van der Waals surface area (Å²) in [4.78, 5) is 16.9. The first kappa shape index (κ1) is 14.0. The molecule has 0 N–H and O–H groups in total. The van der Waals surface area contributed by atoms with E-state index in [1.165, 1.54) is 17.3 Å². The lowest BCUT2D eigenvalue weighted by Crippen LogP contribution is -2.31. The topological polar surface area (TPSA) is 59.3 Å². The van der Waals surface area contributed by atoms with Crippen LogP contribution in [0.15, 0.2) is 34.9 Å². The van der Waals surface area contributed by atoms with E-state index in [-0.39, 0.29) is 5.69 Å². The zero-order valence-corrected chi connectivity index (χ0v) is 13.1. The van der Waals surface area contributed by atoms with Crippen LogP contribution in [-0.2, 0) is 13.0 Å². The largest absolute Gasteiger partial charge is 0.352 e. The molecule has 0 saturated carbocycles. The van der Waals surface area contributed by atoms with Crippen molar-refractivity contribution >= 4 is 27.4 Å². The van der Waals surface area contributed by atoms with Crippen molar-refractivity contribution in [1.29, 1.82) is 0 Å². The summed E-state index contributed by atoms with van der Waals surface area (Å²) in [5.74, 6) is 0.795. The lowest BCUT2D eigenvalue weighted by Gasteiger charge is -2.30. The van der Waals surface area contributed by atoms with Crippen molar-refractivity contribution in [1.82, 2.24) is 4.98 Å². The Balaban J connectivity index is 1.90. The molecule has 5 nitrogen and oxygen atoms in total. The molecule has 21 heavy (non-hydrogen) atoms. The van der Waals surface area contributed by atoms with E-state index in [0.29, 0.717) is 5.56 Å². The van der Waals surface area contributed by atoms with Gasteiger partial charge in [-0.25, -0.2) is 4.98 Å². The molecule has 0 amide bonds. The minimum atomic E-state index is -0.394. The molecule has 1 aromatic heterocycles. The molecule has 0 saturated heterocycles. The predicted octanol–water partition coefficient (Wildman–Crippen LogP) is 3.62. The highest BCUT2D eigenvalue weighted by molar-refractivity contribution is 9.10. The summed E-state index contributed by atoms with van der Waals surface area (Å²) in [6.07, 6.45) is 2.29. The van der Waals surface area contributed by atoms with Crippen molar-refractivity contribution in [3.8, 4) is 0 Å². The Labute approximate surface area is 130 Å². The number of aromatic nitrogens is 1. The third-order valence-electron chi connectivity index (χ3n) is 3.80. The zero-order chi connectivity index (χ0) is 15.0. The van der Waals surface area contributed by atoms with Crippen LogP contribution < -0.4 is 4.90 Å². The zero-order valence-electron chi connectivity index (χ0n) is 11.5. The van der Waals surface area contributed by atoms with Crippen molar-refractivity contribution in [2.24, 2.45) is 0 Å². The van der Waals surface area contributed by atoms with E-state index in [1.807, 2.05) is 6.07 Å². The van der Waals surface area contributed by atoms with Crippen molar-refractivity contribution in [2.45, 2.75) is 19.9 Å². The van der Waals surface area contributed by atoms with E-state index >= 15 is 0 Å². The first-order chi connectivity index (χ1) is 10.1. The third kappa shape index (κ3) is 2.63. The second-order valence-electron chi connectivity index (χ2n) is 5.14. The summed E-state index contributed by atoms with van der Waals surface area (Å²) in [6, 6.07) is 8.00. The lowest BCUT2D eigenvalue weighted by molar-refractivity contribution is -0.385. The normalized spacial score (nSPS) is 13.9. The number of aryl methyl sites for hydroxylation is 1. The highest BCUT2D eigenvalue weighted by Crippen LogP contribution is 2.29. The van der Waals surface area contributed by atoms with Crippen LogP contribution in [0, 0.1) is 17.0 Å². The maximum absolute atomic E-state index is 10.9. The fourth-order valence-corrected chi connectivity index (χ4v) is 3.26. The summed E-state index contributed by atoms with van der Waals surface area (Å²) in [6.45, 7) is 3.39. The third-order valence-corrected chi connectivity index (χ3v) is 4.54. The minimum absolute atomic E-state index is 0.0684. The van der Waals surface area contributed by atoms with Gasteiger partial charge in [-0.15, -0.1) is 0 Å². The summed E-state index contributed by atoms with van der Waals surface area (Å²) in [5.41, 5.74) is 3.32. The van der Waals surface area contributed by atoms with Gasteiger partial charge in [-0.2, -0.15) is 0 Å². The molecular formula is C15H14BrN3O2. The number of benzene rings is 1. The molecule has 108 valence electrons. The number of rotatable bonds is 2. The van der Waals surface area contributed by atoms with Crippen molar-refractivity contribution in [3.05, 3.63) is 61.7 Å². The molecule has 3 rings (SSSR count). The Morgan fingerprint density at radius 2 is 2.24 bits per heavy atom. The molecule has 1 aliphatic heterocycles. The number of pyridine rings is 1. The Kier molecular flexibility index (Phi) is 3.63. The predicted molar refractivity (Wildman–Crippen MR) is 84.5 cm³/mol. The fourth-order valence-electron chi connectivity index (χ4n) is 2.66. The van der Waals surface area contributed by atoms with Crippen LogP contribution in [0.2, 0.25) is 0 Å². The molecule has 1 aromatic carbocycles. The fraction of sp³-hybridized carbons (Fsp3) is 0.267. The molecule has 0 fully saturated rings. The van der Waals surface area contributed by atoms with Crippen LogP contribution >= 0.6 is 15.9 Å². The summed E-state index contributed by atoms with van der Waals surface area (Å²) in [5, 5.41) is 10.9. The molecule has 0 atom stereocenters. The van der Waals surface area contributed by atoms with E-state index in [1.54, 1.807) is 13.0 Å². The molecule has 0 aliphatic carbocycles. The van der Waals surface area contributed by atoms with Gasteiger partial charge in [-0.3, -0.25) is 10.1 Å². The van der Waals surface area contributed by atoms with Crippen LogP contribution in [0.4, 0.5) is 11.5 Å². The van der Waals surface area contributed by atoms with Gasteiger partial charge in [0.05, 0.1) is 4.92 Å². The first-order valence-electron chi connectivity index (χ1n) is 6.68. The van der Waals surface area contributed by atoms with E-state index in [4.69, 9.17) is 0 Å². The van der Waals surface area contributed by atoms with Crippen molar-refractivity contribution < 1.29 is 4.92 Å². The molecular weight excluding hydrogens is 334 g/mol. The maximum Gasteiger partial charge on any atom is 0.290 e. The standard InChI is InChI=1S/C15H14BrN3O2/c1-10-7-15(17-8-14(10)19(20)21)18-6-5-12-11(9-18)3-2-4-13(12)16/h2-4,7-8H,5-6,9H2,1H3. The highest BCUT2D eigenvalue weighted by Gasteiger charge is 2.20. The Bertz CT molecular complexity index is 718. The van der Waals surface area contributed by atoms with Gasteiger partial charge in [0.1, 0.15) is 12.0 Å². The average molecular weight is 348 g/mol. The van der Waals surface area contributed by atoms with Crippen molar-refractivity contribution in [2.75, 3.05) is 11.4 Å². The quantitative estimate of drug-likeness (QED) is 0.614. The van der Waals surface area contributed by atoms with E-state index in [2.05, 4.69) is 37.9 Å². The Morgan fingerprint density at radius 1 is 1.43 bits per heavy atom. The monoisotopic (exact) mass is 347 g/mol. The van der Waals surface area contributed by atoms with Gasteiger partial charge in [0.25, 0.3) is 5.69 Å².